The predicted molar refractivity (Wildman–Crippen MR) is 110 cm³/mol. The normalized spacial score (nSPS) is 48.8. The third-order valence-corrected chi connectivity index (χ3v) is 9.91. The van der Waals surface area contributed by atoms with Crippen LogP contribution >= 0.6 is 0 Å². The van der Waals surface area contributed by atoms with Gasteiger partial charge in [0.15, 0.2) is 5.78 Å². The molecule has 4 saturated carbocycles. The van der Waals surface area contributed by atoms with Gasteiger partial charge in [0, 0.05) is 18.9 Å². The van der Waals surface area contributed by atoms with Gasteiger partial charge < -0.3 is 9.84 Å². The number of ether oxygens (including phenoxy) is 1. The number of hydrogen-bond acceptors (Lipinski definition) is 5. The largest absolute Gasteiger partial charge is 0.386 e. The van der Waals surface area contributed by atoms with Crippen molar-refractivity contribution in [1.29, 1.82) is 0 Å². The van der Waals surface area contributed by atoms with Gasteiger partial charge in [-0.25, -0.2) is 0 Å². The van der Waals surface area contributed by atoms with E-state index < -0.39 is 5.60 Å². The summed E-state index contributed by atoms with van der Waals surface area (Å²) in [6, 6.07) is 0. The minimum absolute atomic E-state index is 0.00328. The number of carbonyl (C=O) groups is 1. The summed E-state index contributed by atoms with van der Waals surface area (Å²) in [5.41, 5.74) is 1.01. The zero-order valence-electron chi connectivity index (χ0n) is 18.0. The van der Waals surface area contributed by atoms with E-state index in [9.17, 15) is 9.90 Å². The van der Waals surface area contributed by atoms with E-state index in [-0.39, 0.29) is 23.4 Å². The van der Waals surface area contributed by atoms with Crippen LogP contribution in [0, 0.1) is 40.9 Å². The van der Waals surface area contributed by atoms with Gasteiger partial charge in [-0.2, -0.15) is 15.0 Å². The molecule has 6 heteroatoms. The highest BCUT2D eigenvalue weighted by Gasteiger charge is 2.70. The maximum absolute atomic E-state index is 13.2. The Morgan fingerprint density at radius 1 is 1.20 bits per heavy atom. The van der Waals surface area contributed by atoms with Gasteiger partial charge in [-0.1, -0.05) is 18.6 Å². The molecule has 0 saturated heterocycles. The lowest BCUT2D eigenvalue weighted by Gasteiger charge is -2.53. The Balaban J connectivity index is 1.23. The van der Waals surface area contributed by atoms with Crippen LogP contribution in [0.4, 0.5) is 0 Å². The molecule has 0 aliphatic heterocycles. The minimum atomic E-state index is -0.599. The molecule has 0 aromatic carbocycles. The molecule has 5 aliphatic rings. The number of Topliss-reactive ketones (excluding diaryl/α,β-unsaturated/α-hetero) is 1. The lowest BCUT2D eigenvalue weighted by atomic mass is 9.51. The molecular formula is C24H33N3O3. The van der Waals surface area contributed by atoms with E-state index in [1.807, 2.05) is 0 Å². The summed E-state index contributed by atoms with van der Waals surface area (Å²) < 4.78 is 5.62. The number of methoxy groups -OCH3 is 1. The van der Waals surface area contributed by atoms with Gasteiger partial charge in [0.05, 0.1) is 18.5 Å². The number of nitrogens with zero attached hydrogens (tertiary/aromatic N) is 3. The van der Waals surface area contributed by atoms with Crippen molar-refractivity contribution in [3.8, 4) is 0 Å². The Morgan fingerprint density at radius 2 is 2.00 bits per heavy atom. The van der Waals surface area contributed by atoms with Crippen LogP contribution < -0.4 is 0 Å². The Labute approximate surface area is 178 Å². The van der Waals surface area contributed by atoms with Crippen LogP contribution in [0.15, 0.2) is 24.0 Å². The van der Waals surface area contributed by atoms with Crippen molar-refractivity contribution in [3.05, 3.63) is 24.0 Å². The van der Waals surface area contributed by atoms with Crippen LogP contribution in [-0.2, 0) is 16.1 Å². The predicted octanol–water partition coefficient (Wildman–Crippen LogP) is 3.02. The number of fused-ring (bicyclic) bond motifs is 7. The van der Waals surface area contributed by atoms with Crippen LogP contribution in [-0.4, -0.2) is 44.7 Å². The highest BCUT2D eigenvalue weighted by atomic mass is 16.5. The van der Waals surface area contributed by atoms with E-state index in [0.29, 0.717) is 36.0 Å². The van der Waals surface area contributed by atoms with Crippen molar-refractivity contribution in [2.24, 2.45) is 40.9 Å². The van der Waals surface area contributed by atoms with E-state index in [1.54, 1.807) is 19.5 Å². The van der Waals surface area contributed by atoms with Crippen LogP contribution in [0.5, 0.6) is 0 Å². The van der Waals surface area contributed by atoms with Crippen molar-refractivity contribution in [2.45, 2.75) is 70.1 Å². The average Bonchev–Trinajstić information content (AvgIpc) is 3.04. The summed E-state index contributed by atoms with van der Waals surface area (Å²) in [7, 11) is 1.74. The number of rotatable bonds is 4. The van der Waals surface area contributed by atoms with E-state index in [2.05, 4.69) is 23.2 Å². The molecule has 0 radical (unpaired) electrons. The summed E-state index contributed by atoms with van der Waals surface area (Å²) in [6.07, 6.45) is 13.4. The molecule has 0 spiro atoms. The topological polar surface area (TPSA) is 77.2 Å². The Kier molecular flexibility index (Phi) is 4.15. The molecule has 6 rings (SSSR count). The lowest BCUT2D eigenvalue weighted by Crippen LogP contribution is -2.47. The van der Waals surface area contributed by atoms with Gasteiger partial charge in [0.25, 0.3) is 0 Å². The number of aliphatic hydroxyl groups is 1. The molecule has 6 nitrogen and oxygen atoms in total. The van der Waals surface area contributed by atoms with Crippen molar-refractivity contribution >= 4 is 5.78 Å². The molecule has 1 N–H and O–H groups in total. The molecule has 2 unspecified atom stereocenters. The van der Waals surface area contributed by atoms with Crippen molar-refractivity contribution in [1.82, 2.24) is 15.0 Å². The van der Waals surface area contributed by atoms with Gasteiger partial charge in [-0.15, -0.1) is 0 Å². The second-order valence-corrected chi connectivity index (χ2v) is 10.8. The molecule has 5 aliphatic carbocycles. The van der Waals surface area contributed by atoms with Crippen LogP contribution in [0.2, 0.25) is 0 Å². The molecule has 1 heterocycles. The van der Waals surface area contributed by atoms with Crippen molar-refractivity contribution in [3.63, 3.8) is 0 Å². The zero-order chi connectivity index (χ0) is 20.7. The SMILES string of the molecule is COC1C2C3=CC[C@@H]4[C@H](CC[C@]5(C)[C@@H](C(=O)Cn6nccn6)CC[C@@H]45)[C@H]3CC[C@]12O. The van der Waals surface area contributed by atoms with Crippen molar-refractivity contribution in [2.75, 3.05) is 7.11 Å². The van der Waals surface area contributed by atoms with E-state index in [0.717, 1.165) is 32.1 Å². The van der Waals surface area contributed by atoms with Crippen LogP contribution in [0.25, 0.3) is 0 Å². The number of allylic oxidation sites excluding steroid dienone is 1. The first-order valence-electron chi connectivity index (χ1n) is 11.8. The summed E-state index contributed by atoms with van der Waals surface area (Å²) in [6.45, 7) is 2.69. The van der Waals surface area contributed by atoms with Gasteiger partial charge in [-0.3, -0.25) is 4.79 Å². The first-order chi connectivity index (χ1) is 14.5. The van der Waals surface area contributed by atoms with Crippen LogP contribution in [0.3, 0.4) is 0 Å². The highest BCUT2D eigenvalue weighted by molar-refractivity contribution is 5.82. The van der Waals surface area contributed by atoms with E-state index >= 15 is 0 Å². The molecular weight excluding hydrogens is 378 g/mol. The summed E-state index contributed by atoms with van der Waals surface area (Å²) in [5, 5.41) is 19.2. The monoisotopic (exact) mass is 411 g/mol. The molecule has 0 amide bonds. The van der Waals surface area contributed by atoms with E-state index in [4.69, 9.17) is 4.74 Å². The Hall–Kier alpha value is -1.53. The molecule has 9 atom stereocenters. The van der Waals surface area contributed by atoms with Gasteiger partial charge >= 0.3 is 0 Å². The molecule has 4 fully saturated rings. The Bertz CT molecular complexity index is 882. The third-order valence-electron chi connectivity index (χ3n) is 9.91. The fourth-order valence-electron chi connectivity index (χ4n) is 8.55. The second kappa shape index (κ2) is 6.49. The minimum Gasteiger partial charge on any atom is -0.386 e. The summed E-state index contributed by atoms with van der Waals surface area (Å²) in [5.74, 6) is 3.32. The van der Waals surface area contributed by atoms with E-state index in [1.165, 1.54) is 23.2 Å². The lowest BCUT2D eigenvalue weighted by molar-refractivity contribution is -0.129. The number of carbonyl (C=O) groups excluding carboxylic acids is 1. The summed E-state index contributed by atoms with van der Waals surface area (Å²) in [4.78, 5) is 14.7. The summed E-state index contributed by atoms with van der Waals surface area (Å²) >= 11 is 0. The van der Waals surface area contributed by atoms with Gasteiger partial charge in [0.1, 0.15) is 12.1 Å². The smallest absolute Gasteiger partial charge is 0.159 e. The number of hydrogen-bond donors (Lipinski definition) is 1. The second-order valence-electron chi connectivity index (χ2n) is 10.8. The first-order valence-corrected chi connectivity index (χ1v) is 11.8. The fourth-order valence-corrected chi connectivity index (χ4v) is 8.55. The fraction of sp³-hybridized carbons (Fsp3) is 0.792. The maximum Gasteiger partial charge on any atom is 0.159 e. The highest BCUT2D eigenvalue weighted by Crippen LogP contribution is 2.67. The molecule has 0 bridgehead atoms. The molecule has 1 aromatic heterocycles. The zero-order valence-corrected chi connectivity index (χ0v) is 18.0. The standard InChI is InChI=1S/C24H33N3O3/c1-23-9-7-14-15-8-10-24(29)21(22(24)30-2)17(15)4-3-16(14)18(23)5-6-19(23)20(28)13-27-25-11-12-26-27/h4,11-12,14-16,18-19,21-22,29H,3,5-10,13H2,1-2H3/t14-,15-,16-,18+,19-,21?,22?,23+,24-/m1/s1. The van der Waals surface area contributed by atoms with Gasteiger partial charge in [-0.05, 0) is 74.0 Å². The van der Waals surface area contributed by atoms with Gasteiger partial charge in [0.2, 0.25) is 0 Å². The molecule has 162 valence electrons. The molecule has 1 aromatic rings. The number of ketones is 1. The maximum atomic E-state index is 13.2. The quantitative estimate of drug-likeness (QED) is 0.771. The number of aromatic nitrogens is 3. The third kappa shape index (κ3) is 2.46. The Morgan fingerprint density at radius 3 is 2.77 bits per heavy atom. The average molecular weight is 412 g/mol. The molecule has 30 heavy (non-hydrogen) atoms. The van der Waals surface area contributed by atoms with Crippen LogP contribution in [0.1, 0.15) is 51.9 Å². The van der Waals surface area contributed by atoms with Crippen molar-refractivity contribution < 1.29 is 14.6 Å². The first kappa shape index (κ1) is 19.2.